The van der Waals surface area contributed by atoms with Gasteiger partial charge in [-0.2, -0.15) is 0 Å². The van der Waals surface area contributed by atoms with E-state index in [2.05, 4.69) is 37.9 Å². The Bertz CT molecular complexity index is 324. The third-order valence-corrected chi connectivity index (χ3v) is 4.82. The molecule has 124 valence electrons. The van der Waals surface area contributed by atoms with Gasteiger partial charge in [0.25, 0.3) is 0 Å². The lowest BCUT2D eigenvalue weighted by Gasteiger charge is -2.40. The van der Waals surface area contributed by atoms with Crippen LogP contribution in [0.15, 0.2) is 0 Å². The van der Waals surface area contributed by atoms with Crippen LogP contribution in [0, 0.1) is 5.92 Å². The molecule has 0 bridgehead atoms. The van der Waals surface area contributed by atoms with E-state index in [0.717, 1.165) is 25.4 Å². The Balaban J connectivity index is 2.55. The van der Waals surface area contributed by atoms with Crippen molar-refractivity contribution in [2.75, 3.05) is 13.1 Å². The Hall–Kier alpha value is -0.610. The van der Waals surface area contributed by atoms with Crippen LogP contribution in [0.25, 0.3) is 0 Å². The number of nitrogens with two attached hydrogens (primary N) is 1. The lowest BCUT2D eigenvalue weighted by Crippen LogP contribution is -2.58. The fourth-order valence-electron chi connectivity index (χ4n) is 3.68. The zero-order valence-electron chi connectivity index (χ0n) is 14.6. The number of carbonyl (C=O) groups is 1. The maximum absolute atomic E-state index is 11.9. The Morgan fingerprint density at radius 1 is 1.33 bits per heavy atom. The second-order valence-electron chi connectivity index (χ2n) is 7.32. The molecule has 2 atom stereocenters. The fraction of sp³-hybridized carbons (Fsp3) is 0.941. The molecule has 0 spiro atoms. The Morgan fingerprint density at radius 2 is 1.90 bits per heavy atom. The molecule has 21 heavy (non-hydrogen) atoms. The summed E-state index contributed by atoms with van der Waals surface area (Å²) in [6, 6.07) is 0.640. The second-order valence-corrected chi connectivity index (χ2v) is 7.32. The average molecular weight is 297 g/mol. The molecule has 0 aromatic rings. The van der Waals surface area contributed by atoms with Gasteiger partial charge < -0.3 is 16.0 Å². The summed E-state index contributed by atoms with van der Waals surface area (Å²) in [6.07, 6.45) is 6.01. The molecule has 1 saturated heterocycles. The molecule has 0 aromatic carbocycles. The zero-order chi connectivity index (χ0) is 16.0. The van der Waals surface area contributed by atoms with Gasteiger partial charge in [0.15, 0.2) is 0 Å². The molecule has 0 saturated carbocycles. The first-order valence-corrected chi connectivity index (χ1v) is 8.60. The van der Waals surface area contributed by atoms with E-state index in [0.29, 0.717) is 6.04 Å². The molecule has 0 aromatic heterocycles. The number of carbonyl (C=O) groups excluding carboxylic acids is 1. The number of likely N-dealkylation sites (tertiary alicyclic amines) is 1. The molecule has 1 aliphatic rings. The van der Waals surface area contributed by atoms with Crippen molar-refractivity contribution in [2.24, 2.45) is 11.7 Å². The third-order valence-electron chi connectivity index (χ3n) is 4.82. The molecule has 0 aliphatic carbocycles. The van der Waals surface area contributed by atoms with Gasteiger partial charge in [-0.15, -0.1) is 0 Å². The third kappa shape index (κ3) is 5.59. The minimum absolute atomic E-state index is 0.246. The first kappa shape index (κ1) is 18.4. The summed E-state index contributed by atoms with van der Waals surface area (Å²) < 4.78 is 0. The molecule has 2 unspecified atom stereocenters. The van der Waals surface area contributed by atoms with Crippen molar-refractivity contribution in [3.63, 3.8) is 0 Å². The van der Waals surface area contributed by atoms with Crippen molar-refractivity contribution in [3.8, 4) is 0 Å². The molecule has 1 heterocycles. The fourth-order valence-corrected chi connectivity index (χ4v) is 3.68. The highest BCUT2D eigenvalue weighted by molar-refractivity contribution is 5.84. The highest BCUT2D eigenvalue weighted by atomic mass is 16.1. The molecule has 1 aliphatic heterocycles. The molecular formula is C17H35N3O. The average Bonchev–Trinajstić information content (AvgIpc) is 2.38. The van der Waals surface area contributed by atoms with E-state index in [9.17, 15) is 4.79 Å². The zero-order valence-corrected chi connectivity index (χ0v) is 14.6. The maximum Gasteiger partial charge on any atom is 0.237 e. The van der Waals surface area contributed by atoms with Gasteiger partial charge in [-0.1, -0.05) is 19.8 Å². The van der Waals surface area contributed by atoms with Crippen LogP contribution in [0.2, 0.25) is 0 Å². The predicted molar refractivity (Wildman–Crippen MR) is 89.2 cm³/mol. The monoisotopic (exact) mass is 297 g/mol. The molecule has 4 nitrogen and oxygen atoms in total. The summed E-state index contributed by atoms with van der Waals surface area (Å²) in [5.41, 5.74) is 5.02. The van der Waals surface area contributed by atoms with E-state index in [-0.39, 0.29) is 11.9 Å². The van der Waals surface area contributed by atoms with E-state index < -0.39 is 5.54 Å². The summed E-state index contributed by atoms with van der Waals surface area (Å²) in [5, 5.41) is 3.35. The van der Waals surface area contributed by atoms with Gasteiger partial charge in [0.1, 0.15) is 0 Å². The number of hydrogen-bond acceptors (Lipinski definition) is 3. The van der Waals surface area contributed by atoms with Gasteiger partial charge in [-0.25, -0.2) is 0 Å². The van der Waals surface area contributed by atoms with Crippen molar-refractivity contribution in [3.05, 3.63) is 0 Å². The Morgan fingerprint density at radius 3 is 2.33 bits per heavy atom. The topological polar surface area (TPSA) is 58.4 Å². The van der Waals surface area contributed by atoms with Gasteiger partial charge in [0.2, 0.25) is 5.91 Å². The molecule has 4 heteroatoms. The summed E-state index contributed by atoms with van der Waals surface area (Å²) in [7, 11) is 0. The second kappa shape index (κ2) is 8.14. The number of amides is 1. The van der Waals surface area contributed by atoms with Crippen LogP contribution in [0.1, 0.15) is 66.7 Å². The molecular weight excluding hydrogens is 262 g/mol. The van der Waals surface area contributed by atoms with Gasteiger partial charge >= 0.3 is 0 Å². The van der Waals surface area contributed by atoms with Crippen LogP contribution < -0.4 is 11.1 Å². The SMILES string of the molecule is CCCC1CCN(C(C)CC(C)(NC(C)C)C(N)=O)CC1. The predicted octanol–water partition coefficient (Wildman–Crippen LogP) is 2.52. The summed E-state index contributed by atoms with van der Waals surface area (Å²) in [5.74, 6) is 0.652. The number of piperidine rings is 1. The number of primary amides is 1. The smallest absolute Gasteiger partial charge is 0.237 e. The van der Waals surface area contributed by atoms with Crippen LogP contribution in [-0.4, -0.2) is 41.5 Å². The first-order valence-electron chi connectivity index (χ1n) is 8.60. The molecule has 3 N–H and O–H groups in total. The molecule has 1 amide bonds. The van der Waals surface area contributed by atoms with Gasteiger partial charge in [0, 0.05) is 12.1 Å². The quantitative estimate of drug-likeness (QED) is 0.724. The van der Waals surface area contributed by atoms with Crippen LogP contribution in [0.4, 0.5) is 0 Å². The van der Waals surface area contributed by atoms with Gasteiger partial charge in [0.05, 0.1) is 5.54 Å². The number of hydrogen-bond donors (Lipinski definition) is 2. The normalized spacial score (nSPS) is 22.2. The molecule has 1 fully saturated rings. The minimum Gasteiger partial charge on any atom is -0.368 e. The lowest BCUT2D eigenvalue weighted by atomic mass is 9.88. The number of rotatable bonds is 8. The van der Waals surface area contributed by atoms with E-state index in [1.165, 1.54) is 25.7 Å². The standard InChI is InChI=1S/C17H35N3O/c1-6-7-15-8-10-20(11-9-15)14(4)12-17(5,16(18)21)19-13(2)3/h13-15,19H,6-12H2,1-5H3,(H2,18,21). The van der Waals surface area contributed by atoms with Crippen molar-refractivity contribution in [1.82, 2.24) is 10.2 Å². The van der Waals surface area contributed by atoms with E-state index >= 15 is 0 Å². The van der Waals surface area contributed by atoms with E-state index in [1.54, 1.807) is 0 Å². The highest BCUT2D eigenvalue weighted by Gasteiger charge is 2.35. The molecule has 1 rings (SSSR count). The van der Waals surface area contributed by atoms with Crippen LogP contribution in [0.5, 0.6) is 0 Å². The number of nitrogens with zero attached hydrogens (tertiary/aromatic N) is 1. The van der Waals surface area contributed by atoms with Crippen molar-refractivity contribution < 1.29 is 4.79 Å². The van der Waals surface area contributed by atoms with Crippen LogP contribution in [0.3, 0.4) is 0 Å². The van der Waals surface area contributed by atoms with Crippen molar-refractivity contribution >= 4 is 5.91 Å². The largest absolute Gasteiger partial charge is 0.368 e. The summed E-state index contributed by atoms with van der Waals surface area (Å²) in [6.45, 7) is 12.9. The summed E-state index contributed by atoms with van der Waals surface area (Å²) in [4.78, 5) is 14.4. The van der Waals surface area contributed by atoms with E-state index in [1.807, 2.05) is 6.92 Å². The highest BCUT2D eigenvalue weighted by Crippen LogP contribution is 2.25. The lowest BCUT2D eigenvalue weighted by molar-refractivity contribution is -0.125. The van der Waals surface area contributed by atoms with Crippen molar-refractivity contribution in [1.29, 1.82) is 0 Å². The van der Waals surface area contributed by atoms with Gasteiger partial charge in [-0.3, -0.25) is 4.79 Å². The Labute approximate surface area is 130 Å². The Kier molecular flexibility index (Phi) is 7.14. The first-order chi connectivity index (χ1) is 9.78. The van der Waals surface area contributed by atoms with Crippen molar-refractivity contribution in [2.45, 2.75) is 84.3 Å². The maximum atomic E-state index is 11.9. The van der Waals surface area contributed by atoms with Crippen LogP contribution in [-0.2, 0) is 4.79 Å². The molecule has 0 radical (unpaired) electrons. The number of nitrogens with one attached hydrogen (secondary N) is 1. The minimum atomic E-state index is -0.617. The van der Waals surface area contributed by atoms with Gasteiger partial charge in [-0.05, 0) is 66.0 Å². The van der Waals surface area contributed by atoms with E-state index in [4.69, 9.17) is 5.73 Å². The van der Waals surface area contributed by atoms with Crippen LogP contribution >= 0.6 is 0 Å². The summed E-state index contributed by atoms with van der Waals surface area (Å²) >= 11 is 0.